The summed E-state index contributed by atoms with van der Waals surface area (Å²) >= 11 is 0. The van der Waals surface area contributed by atoms with E-state index in [-0.39, 0.29) is 5.97 Å². The summed E-state index contributed by atoms with van der Waals surface area (Å²) in [5.41, 5.74) is 0.694. The van der Waals surface area contributed by atoms with Gasteiger partial charge < -0.3 is 9.64 Å². The summed E-state index contributed by atoms with van der Waals surface area (Å²) in [5.74, 6) is -0.181. The molecule has 0 radical (unpaired) electrons. The van der Waals surface area contributed by atoms with Gasteiger partial charge >= 0.3 is 5.97 Å². The molecule has 4 heteroatoms. The largest absolute Gasteiger partial charge is 0.469 e. The molecular weight excluding hydrogens is 216 g/mol. The van der Waals surface area contributed by atoms with Gasteiger partial charge in [-0.25, -0.2) is 0 Å². The Labute approximate surface area is 103 Å². The number of carbonyl (C=O) groups excluding carboxylic acids is 1. The lowest BCUT2D eigenvalue weighted by atomic mass is 9.93. The highest BCUT2D eigenvalue weighted by atomic mass is 16.5. The molecule has 0 N–H and O–H groups in total. The van der Waals surface area contributed by atoms with Crippen molar-refractivity contribution in [2.45, 2.75) is 20.4 Å². The predicted molar refractivity (Wildman–Crippen MR) is 66.4 cm³/mol. The number of rotatable bonds is 5. The third-order valence-corrected chi connectivity index (χ3v) is 2.61. The van der Waals surface area contributed by atoms with E-state index in [1.165, 1.54) is 12.7 Å². The van der Waals surface area contributed by atoms with Crippen LogP contribution in [0.3, 0.4) is 0 Å². The first-order chi connectivity index (χ1) is 7.95. The standard InChI is InChI=1S/C13H20N2O2/c1-13(2,12(16)17-4)10-15(3)9-11-5-7-14-8-6-11/h5-8H,9-10H2,1-4H3. The summed E-state index contributed by atoms with van der Waals surface area (Å²) in [6.45, 7) is 5.23. The van der Waals surface area contributed by atoms with Crippen molar-refractivity contribution in [1.82, 2.24) is 9.88 Å². The van der Waals surface area contributed by atoms with E-state index in [1.54, 1.807) is 12.4 Å². The Balaban J connectivity index is 2.55. The SMILES string of the molecule is COC(=O)C(C)(C)CN(C)Cc1ccncc1. The molecule has 1 aromatic heterocycles. The molecule has 0 unspecified atom stereocenters. The number of hydrogen-bond donors (Lipinski definition) is 0. The van der Waals surface area contributed by atoms with Crippen molar-refractivity contribution in [3.05, 3.63) is 30.1 Å². The molecule has 0 aromatic carbocycles. The molecule has 0 atom stereocenters. The number of pyridine rings is 1. The van der Waals surface area contributed by atoms with Crippen LogP contribution < -0.4 is 0 Å². The average Bonchev–Trinajstić information content (AvgIpc) is 2.28. The fourth-order valence-corrected chi connectivity index (χ4v) is 1.87. The van der Waals surface area contributed by atoms with E-state index >= 15 is 0 Å². The van der Waals surface area contributed by atoms with Gasteiger partial charge in [0.25, 0.3) is 0 Å². The van der Waals surface area contributed by atoms with Crippen LogP contribution in [0.25, 0.3) is 0 Å². The second-order valence-electron chi connectivity index (χ2n) is 4.90. The van der Waals surface area contributed by atoms with Gasteiger partial charge in [-0.05, 0) is 38.6 Å². The van der Waals surface area contributed by atoms with E-state index < -0.39 is 5.41 Å². The third kappa shape index (κ3) is 4.15. The van der Waals surface area contributed by atoms with Crippen molar-refractivity contribution < 1.29 is 9.53 Å². The topological polar surface area (TPSA) is 42.4 Å². The lowest BCUT2D eigenvalue weighted by molar-refractivity contribution is -0.151. The van der Waals surface area contributed by atoms with E-state index in [4.69, 9.17) is 4.74 Å². The van der Waals surface area contributed by atoms with Crippen molar-refractivity contribution in [3.8, 4) is 0 Å². The number of methoxy groups -OCH3 is 1. The minimum Gasteiger partial charge on any atom is -0.469 e. The Morgan fingerprint density at radius 3 is 2.53 bits per heavy atom. The number of hydrogen-bond acceptors (Lipinski definition) is 4. The second kappa shape index (κ2) is 5.77. The van der Waals surface area contributed by atoms with Crippen LogP contribution in [0.4, 0.5) is 0 Å². The molecule has 0 spiro atoms. The smallest absolute Gasteiger partial charge is 0.312 e. The number of aromatic nitrogens is 1. The number of nitrogens with zero attached hydrogens (tertiary/aromatic N) is 2. The molecule has 4 nitrogen and oxygen atoms in total. The van der Waals surface area contributed by atoms with Gasteiger partial charge in [0.2, 0.25) is 0 Å². The van der Waals surface area contributed by atoms with Crippen LogP contribution in [0.2, 0.25) is 0 Å². The number of ether oxygens (including phenoxy) is 1. The highest BCUT2D eigenvalue weighted by Gasteiger charge is 2.29. The zero-order chi connectivity index (χ0) is 12.9. The van der Waals surface area contributed by atoms with Crippen molar-refractivity contribution in [1.29, 1.82) is 0 Å². The molecule has 1 rings (SSSR count). The molecule has 0 aliphatic rings. The Hall–Kier alpha value is -1.42. The van der Waals surface area contributed by atoms with Crippen LogP contribution in [0.1, 0.15) is 19.4 Å². The fraction of sp³-hybridized carbons (Fsp3) is 0.538. The maximum atomic E-state index is 11.6. The minimum absolute atomic E-state index is 0.181. The van der Waals surface area contributed by atoms with Gasteiger partial charge in [0.15, 0.2) is 0 Å². The maximum absolute atomic E-state index is 11.6. The van der Waals surface area contributed by atoms with Crippen LogP contribution in [-0.4, -0.2) is 36.6 Å². The third-order valence-electron chi connectivity index (χ3n) is 2.61. The zero-order valence-electron chi connectivity index (χ0n) is 10.9. The molecule has 0 fully saturated rings. The van der Waals surface area contributed by atoms with E-state index in [2.05, 4.69) is 9.88 Å². The Bertz CT molecular complexity index is 363. The Kier molecular flexibility index (Phi) is 4.63. The van der Waals surface area contributed by atoms with Crippen LogP contribution in [-0.2, 0) is 16.1 Å². The summed E-state index contributed by atoms with van der Waals surface area (Å²) in [6, 6.07) is 3.95. The minimum atomic E-state index is -0.490. The fourth-order valence-electron chi connectivity index (χ4n) is 1.87. The van der Waals surface area contributed by atoms with E-state index in [9.17, 15) is 4.79 Å². The maximum Gasteiger partial charge on any atom is 0.312 e. The molecule has 94 valence electrons. The molecule has 0 saturated carbocycles. The molecule has 1 heterocycles. The van der Waals surface area contributed by atoms with Gasteiger partial charge in [0.05, 0.1) is 12.5 Å². The second-order valence-corrected chi connectivity index (χ2v) is 4.90. The molecule has 0 aliphatic heterocycles. The van der Waals surface area contributed by atoms with Gasteiger partial charge in [0.1, 0.15) is 0 Å². The molecule has 1 aromatic rings. The summed E-state index contributed by atoms with van der Waals surface area (Å²) < 4.78 is 4.79. The van der Waals surface area contributed by atoms with E-state index in [0.717, 1.165) is 6.54 Å². The molecule has 17 heavy (non-hydrogen) atoms. The number of carbonyl (C=O) groups is 1. The molecular formula is C13H20N2O2. The summed E-state index contributed by atoms with van der Waals surface area (Å²) in [6.07, 6.45) is 3.54. The van der Waals surface area contributed by atoms with Gasteiger partial charge in [-0.1, -0.05) is 0 Å². The van der Waals surface area contributed by atoms with Crippen molar-refractivity contribution in [2.75, 3.05) is 20.7 Å². The molecule has 0 bridgehead atoms. The predicted octanol–water partition coefficient (Wildman–Crippen LogP) is 1.71. The first kappa shape index (κ1) is 13.6. The Morgan fingerprint density at radius 2 is 2.00 bits per heavy atom. The first-order valence-corrected chi connectivity index (χ1v) is 5.61. The van der Waals surface area contributed by atoms with Gasteiger partial charge in [-0.15, -0.1) is 0 Å². The Morgan fingerprint density at radius 1 is 1.41 bits per heavy atom. The van der Waals surface area contributed by atoms with Gasteiger partial charge in [-0.3, -0.25) is 9.78 Å². The summed E-state index contributed by atoms with van der Waals surface area (Å²) in [5, 5.41) is 0. The summed E-state index contributed by atoms with van der Waals surface area (Å²) in [7, 11) is 3.41. The lowest BCUT2D eigenvalue weighted by Crippen LogP contribution is -2.37. The first-order valence-electron chi connectivity index (χ1n) is 5.61. The van der Waals surface area contributed by atoms with Crippen LogP contribution in [0.5, 0.6) is 0 Å². The van der Waals surface area contributed by atoms with Crippen LogP contribution in [0, 0.1) is 5.41 Å². The van der Waals surface area contributed by atoms with E-state index in [1.807, 2.05) is 33.0 Å². The zero-order valence-corrected chi connectivity index (χ0v) is 10.9. The molecule has 0 aliphatic carbocycles. The van der Waals surface area contributed by atoms with E-state index in [0.29, 0.717) is 6.54 Å². The highest BCUT2D eigenvalue weighted by Crippen LogP contribution is 2.19. The van der Waals surface area contributed by atoms with Crippen molar-refractivity contribution in [2.24, 2.45) is 5.41 Å². The van der Waals surface area contributed by atoms with Gasteiger partial charge in [0, 0.05) is 25.5 Å². The van der Waals surface area contributed by atoms with Crippen LogP contribution in [0.15, 0.2) is 24.5 Å². The van der Waals surface area contributed by atoms with Crippen molar-refractivity contribution >= 4 is 5.97 Å². The number of esters is 1. The average molecular weight is 236 g/mol. The normalized spacial score (nSPS) is 11.6. The molecule has 0 saturated heterocycles. The van der Waals surface area contributed by atoms with Crippen molar-refractivity contribution in [3.63, 3.8) is 0 Å². The van der Waals surface area contributed by atoms with Gasteiger partial charge in [-0.2, -0.15) is 0 Å². The lowest BCUT2D eigenvalue weighted by Gasteiger charge is -2.27. The monoisotopic (exact) mass is 236 g/mol. The summed E-state index contributed by atoms with van der Waals surface area (Å²) in [4.78, 5) is 17.6. The van der Waals surface area contributed by atoms with Crippen LogP contribution >= 0.6 is 0 Å². The molecule has 0 amide bonds. The quantitative estimate of drug-likeness (QED) is 0.730. The highest BCUT2D eigenvalue weighted by molar-refractivity contribution is 5.76.